The van der Waals surface area contributed by atoms with Crippen molar-refractivity contribution in [2.45, 2.75) is 12.2 Å². The largest absolute Gasteiger partial charge is 0.508 e. The predicted molar refractivity (Wildman–Crippen MR) is 113 cm³/mol. The standard InChI is InChI=1S/C24H18N2O4/c25-14-24(29,30)13-23(28)18-5-1-3-15(9-18)16-7-8-21-19(10-16)12-22(26-21)17-4-2-6-20(27)11-17/h1-12,26-27,29-30H,13H2. The van der Waals surface area contributed by atoms with Crippen LogP contribution in [-0.4, -0.2) is 31.9 Å². The van der Waals surface area contributed by atoms with Crippen molar-refractivity contribution in [3.8, 4) is 34.2 Å². The number of hydrogen-bond donors (Lipinski definition) is 4. The molecule has 0 radical (unpaired) electrons. The van der Waals surface area contributed by atoms with Gasteiger partial charge in [0.2, 0.25) is 0 Å². The number of ketones is 1. The molecule has 0 saturated heterocycles. The molecule has 30 heavy (non-hydrogen) atoms. The summed E-state index contributed by atoms with van der Waals surface area (Å²) >= 11 is 0. The summed E-state index contributed by atoms with van der Waals surface area (Å²) in [5, 5.41) is 38.2. The van der Waals surface area contributed by atoms with Crippen LogP contribution in [0.4, 0.5) is 0 Å². The number of carbonyl (C=O) groups is 1. The average Bonchev–Trinajstić information content (AvgIpc) is 3.17. The number of nitriles is 1. The predicted octanol–water partition coefficient (Wildman–Crippen LogP) is 3.98. The quantitative estimate of drug-likeness (QED) is 0.230. The molecule has 0 spiro atoms. The summed E-state index contributed by atoms with van der Waals surface area (Å²) in [5.41, 5.74) is 4.66. The van der Waals surface area contributed by atoms with E-state index in [1.807, 2.05) is 36.4 Å². The van der Waals surface area contributed by atoms with Gasteiger partial charge in [-0.15, -0.1) is 0 Å². The lowest BCUT2D eigenvalue weighted by molar-refractivity contribution is -0.107. The zero-order valence-electron chi connectivity index (χ0n) is 15.8. The lowest BCUT2D eigenvalue weighted by Crippen LogP contribution is -2.29. The van der Waals surface area contributed by atoms with E-state index in [-0.39, 0.29) is 5.75 Å². The Hall–Kier alpha value is -3.92. The number of aromatic amines is 1. The Morgan fingerprint density at radius 1 is 0.933 bits per heavy atom. The molecule has 0 aliphatic heterocycles. The number of Topliss-reactive ketones (excluding diaryl/α,β-unsaturated/α-hetero) is 1. The van der Waals surface area contributed by atoms with E-state index in [0.717, 1.165) is 33.3 Å². The van der Waals surface area contributed by atoms with Crippen molar-refractivity contribution in [2.75, 3.05) is 0 Å². The lowest BCUT2D eigenvalue weighted by Gasteiger charge is -2.12. The Labute approximate surface area is 172 Å². The number of nitrogens with zero attached hydrogens (tertiary/aromatic N) is 1. The molecule has 4 rings (SSSR count). The van der Waals surface area contributed by atoms with Gasteiger partial charge < -0.3 is 20.3 Å². The Morgan fingerprint density at radius 3 is 2.43 bits per heavy atom. The van der Waals surface area contributed by atoms with Crippen LogP contribution in [0.15, 0.2) is 72.8 Å². The first-order valence-corrected chi connectivity index (χ1v) is 9.26. The Kier molecular flexibility index (Phi) is 4.84. The van der Waals surface area contributed by atoms with Crippen LogP contribution >= 0.6 is 0 Å². The van der Waals surface area contributed by atoms with E-state index in [0.29, 0.717) is 5.56 Å². The molecule has 148 valence electrons. The zero-order chi connectivity index (χ0) is 21.3. The number of phenols is 1. The number of aromatic nitrogens is 1. The van der Waals surface area contributed by atoms with Gasteiger partial charge in [0, 0.05) is 27.7 Å². The van der Waals surface area contributed by atoms with E-state index in [9.17, 15) is 20.1 Å². The molecule has 6 heteroatoms. The second-order valence-corrected chi connectivity index (χ2v) is 7.14. The molecule has 0 atom stereocenters. The third-order valence-corrected chi connectivity index (χ3v) is 4.88. The van der Waals surface area contributed by atoms with Crippen LogP contribution in [0.5, 0.6) is 5.75 Å². The van der Waals surface area contributed by atoms with Gasteiger partial charge in [0.1, 0.15) is 11.8 Å². The molecule has 1 aromatic heterocycles. The first-order valence-electron chi connectivity index (χ1n) is 9.26. The van der Waals surface area contributed by atoms with E-state index in [1.165, 1.54) is 6.07 Å². The number of H-pyrrole nitrogens is 1. The molecule has 1 heterocycles. The van der Waals surface area contributed by atoms with Crippen LogP contribution in [-0.2, 0) is 0 Å². The molecule has 0 aliphatic carbocycles. The van der Waals surface area contributed by atoms with E-state index in [2.05, 4.69) is 4.98 Å². The van der Waals surface area contributed by atoms with Gasteiger partial charge in [-0.25, -0.2) is 0 Å². The minimum absolute atomic E-state index is 0.194. The molecule has 6 nitrogen and oxygen atoms in total. The average molecular weight is 398 g/mol. The third kappa shape index (κ3) is 3.94. The smallest absolute Gasteiger partial charge is 0.261 e. The van der Waals surface area contributed by atoms with Crippen molar-refractivity contribution >= 4 is 16.7 Å². The van der Waals surface area contributed by atoms with Crippen LogP contribution in [0.1, 0.15) is 16.8 Å². The highest BCUT2D eigenvalue weighted by Crippen LogP contribution is 2.30. The van der Waals surface area contributed by atoms with Crippen molar-refractivity contribution < 1.29 is 20.1 Å². The highest BCUT2D eigenvalue weighted by molar-refractivity contribution is 5.98. The molecule has 3 aromatic carbocycles. The molecule has 0 aliphatic rings. The second-order valence-electron chi connectivity index (χ2n) is 7.14. The van der Waals surface area contributed by atoms with Crippen molar-refractivity contribution in [3.63, 3.8) is 0 Å². The highest BCUT2D eigenvalue weighted by atomic mass is 16.5. The highest BCUT2D eigenvalue weighted by Gasteiger charge is 2.27. The SMILES string of the molecule is N#CC(O)(O)CC(=O)c1cccc(-c2ccc3[nH]c(-c4cccc(O)c4)cc3c2)c1. The lowest BCUT2D eigenvalue weighted by atomic mass is 9.98. The van der Waals surface area contributed by atoms with Crippen LogP contribution in [0, 0.1) is 11.3 Å². The molecule has 4 aromatic rings. The van der Waals surface area contributed by atoms with Gasteiger partial charge in [-0.2, -0.15) is 5.26 Å². The zero-order valence-corrected chi connectivity index (χ0v) is 15.8. The van der Waals surface area contributed by atoms with Gasteiger partial charge in [-0.05, 0) is 47.5 Å². The summed E-state index contributed by atoms with van der Waals surface area (Å²) in [4.78, 5) is 15.6. The summed E-state index contributed by atoms with van der Waals surface area (Å²) in [6, 6.07) is 22.9. The molecule has 0 saturated carbocycles. The van der Waals surface area contributed by atoms with Gasteiger partial charge in [-0.1, -0.05) is 36.4 Å². The van der Waals surface area contributed by atoms with E-state index >= 15 is 0 Å². The van der Waals surface area contributed by atoms with E-state index < -0.39 is 18.0 Å². The maximum absolute atomic E-state index is 12.3. The van der Waals surface area contributed by atoms with E-state index in [1.54, 1.807) is 36.4 Å². The van der Waals surface area contributed by atoms with Gasteiger partial charge in [0.25, 0.3) is 5.79 Å². The number of benzene rings is 3. The molecular formula is C24H18N2O4. The molecule has 0 fully saturated rings. The van der Waals surface area contributed by atoms with Gasteiger partial charge in [-0.3, -0.25) is 4.79 Å². The van der Waals surface area contributed by atoms with E-state index in [4.69, 9.17) is 5.26 Å². The number of carbonyl (C=O) groups excluding carboxylic acids is 1. The molecule has 0 unspecified atom stereocenters. The Morgan fingerprint density at radius 2 is 1.67 bits per heavy atom. The fourth-order valence-corrected chi connectivity index (χ4v) is 3.38. The van der Waals surface area contributed by atoms with Crippen molar-refractivity contribution in [1.29, 1.82) is 5.26 Å². The minimum Gasteiger partial charge on any atom is -0.508 e. The van der Waals surface area contributed by atoms with Gasteiger partial charge >= 0.3 is 0 Å². The fourth-order valence-electron chi connectivity index (χ4n) is 3.38. The van der Waals surface area contributed by atoms with Gasteiger partial charge in [0.15, 0.2) is 5.78 Å². The molecule has 0 amide bonds. The van der Waals surface area contributed by atoms with Crippen LogP contribution < -0.4 is 0 Å². The number of rotatable bonds is 5. The number of hydrogen-bond acceptors (Lipinski definition) is 5. The summed E-state index contributed by atoms with van der Waals surface area (Å²) in [5.74, 6) is -3.02. The number of aromatic hydroxyl groups is 1. The van der Waals surface area contributed by atoms with Gasteiger partial charge in [0.05, 0.1) is 6.42 Å². The van der Waals surface area contributed by atoms with Crippen molar-refractivity contribution in [3.05, 3.63) is 78.4 Å². The minimum atomic E-state index is -2.68. The number of phenolic OH excluding ortho intramolecular Hbond substituents is 1. The summed E-state index contributed by atoms with van der Waals surface area (Å²) < 4.78 is 0. The van der Waals surface area contributed by atoms with Crippen LogP contribution in [0.2, 0.25) is 0 Å². The first-order chi connectivity index (χ1) is 14.3. The molecule has 4 N–H and O–H groups in total. The number of aliphatic hydroxyl groups is 2. The van der Waals surface area contributed by atoms with Crippen molar-refractivity contribution in [2.24, 2.45) is 0 Å². The van der Waals surface area contributed by atoms with Crippen LogP contribution in [0.3, 0.4) is 0 Å². The summed E-state index contributed by atoms with van der Waals surface area (Å²) in [6.45, 7) is 0. The normalized spacial score (nSPS) is 11.4. The first kappa shape index (κ1) is 19.4. The maximum atomic E-state index is 12.3. The fraction of sp³-hybridized carbons (Fsp3) is 0.0833. The number of fused-ring (bicyclic) bond motifs is 1. The molecule has 0 bridgehead atoms. The second kappa shape index (κ2) is 7.48. The monoisotopic (exact) mass is 398 g/mol. The van der Waals surface area contributed by atoms with Crippen LogP contribution in [0.25, 0.3) is 33.3 Å². The maximum Gasteiger partial charge on any atom is 0.261 e. The topological polar surface area (TPSA) is 117 Å². The molecular weight excluding hydrogens is 380 g/mol. The van der Waals surface area contributed by atoms with Crippen molar-refractivity contribution in [1.82, 2.24) is 4.98 Å². The Balaban J connectivity index is 1.67. The number of nitrogens with one attached hydrogen (secondary N) is 1. The summed E-state index contributed by atoms with van der Waals surface area (Å²) in [7, 11) is 0. The summed E-state index contributed by atoms with van der Waals surface area (Å²) in [6.07, 6.45) is -0.697. The Bertz CT molecular complexity index is 1300. The third-order valence-electron chi connectivity index (χ3n) is 4.88.